The number of aromatic nitrogens is 7. The third-order valence-electron chi connectivity index (χ3n) is 4.27. The van der Waals surface area contributed by atoms with E-state index in [0.29, 0.717) is 41.8 Å². The van der Waals surface area contributed by atoms with Crippen molar-refractivity contribution in [3.05, 3.63) is 72.2 Å². The molecule has 0 fully saturated rings. The quantitative estimate of drug-likeness (QED) is 0.367. The highest BCUT2D eigenvalue weighted by atomic mass is 16.1. The number of hydrogen-bond donors (Lipinski definition) is 3. The Labute approximate surface area is 177 Å². The van der Waals surface area contributed by atoms with E-state index in [1.54, 1.807) is 24.4 Å². The molecule has 0 aliphatic heterocycles. The van der Waals surface area contributed by atoms with Crippen molar-refractivity contribution in [2.75, 3.05) is 23.7 Å². The van der Waals surface area contributed by atoms with Crippen molar-refractivity contribution in [2.45, 2.75) is 6.92 Å². The van der Waals surface area contributed by atoms with Gasteiger partial charge in [0.1, 0.15) is 18.0 Å². The number of aryl methyl sites for hydroxylation is 1. The Balaban J connectivity index is 1.24. The zero-order valence-electron chi connectivity index (χ0n) is 16.7. The van der Waals surface area contributed by atoms with Gasteiger partial charge < -0.3 is 16.0 Å². The molecule has 0 aliphatic rings. The molecule has 0 atom stereocenters. The number of carbonyl (C=O) groups is 1. The van der Waals surface area contributed by atoms with Crippen LogP contribution in [0.1, 0.15) is 15.9 Å². The largest absolute Gasteiger partial charge is 0.367 e. The molecule has 3 aromatic heterocycles. The van der Waals surface area contributed by atoms with Crippen molar-refractivity contribution in [3.8, 4) is 5.69 Å². The third-order valence-corrected chi connectivity index (χ3v) is 4.27. The monoisotopic (exact) mass is 416 g/mol. The summed E-state index contributed by atoms with van der Waals surface area (Å²) in [5.41, 5.74) is 2.33. The Bertz CT molecular complexity index is 1140. The van der Waals surface area contributed by atoms with E-state index >= 15 is 0 Å². The van der Waals surface area contributed by atoms with Crippen molar-refractivity contribution in [1.82, 2.24) is 40.7 Å². The van der Waals surface area contributed by atoms with Crippen LogP contribution in [0.25, 0.3) is 5.69 Å². The van der Waals surface area contributed by atoms with E-state index in [0.717, 1.165) is 5.56 Å². The van der Waals surface area contributed by atoms with Crippen LogP contribution in [0.4, 0.5) is 17.5 Å². The highest BCUT2D eigenvalue weighted by Crippen LogP contribution is 2.13. The molecule has 1 aromatic carbocycles. The van der Waals surface area contributed by atoms with Crippen LogP contribution in [0.3, 0.4) is 0 Å². The lowest BCUT2D eigenvalue weighted by atomic mass is 10.2. The van der Waals surface area contributed by atoms with Gasteiger partial charge in [0, 0.05) is 24.8 Å². The van der Waals surface area contributed by atoms with Gasteiger partial charge in [-0.2, -0.15) is 0 Å². The number of nitrogens with zero attached hydrogens (tertiary/aromatic N) is 7. The van der Waals surface area contributed by atoms with Crippen LogP contribution >= 0.6 is 0 Å². The van der Waals surface area contributed by atoms with Gasteiger partial charge in [-0.05, 0) is 65.4 Å². The molecule has 1 amide bonds. The molecule has 11 heteroatoms. The Hall–Kier alpha value is -4.41. The second-order valence-corrected chi connectivity index (χ2v) is 6.63. The highest BCUT2D eigenvalue weighted by molar-refractivity contribution is 5.94. The van der Waals surface area contributed by atoms with Gasteiger partial charge in [-0.15, -0.1) is 15.3 Å². The van der Waals surface area contributed by atoms with Crippen LogP contribution < -0.4 is 16.0 Å². The fourth-order valence-corrected chi connectivity index (χ4v) is 2.77. The highest BCUT2D eigenvalue weighted by Gasteiger charge is 2.07. The van der Waals surface area contributed by atoms with E-state index in [4.69, 9.17) is 0 Å². The summed E-state index contributed by atoms with van der Waals surface area (Å²) in [7, 11) is 0. The number of anilines is 3. The van der Waals surface area contributed by atoms with E-state index < -0.39 is 0 Å². The van der Waals surface area contributed by atoms with E-state index in [9.17, 15) is 4.79 Å². The fourth-order valence-electron chi connectivity index (χ4n) is 2.77. The second-order valence-electron chi connectivity index (χ2n) is 6.63. The molecule has 4 rings (SSSR count). The normalized spacial score (nSPS) is 10.5. The molecule has 0 saturated carbocycles. The van der Waals surface area contributed by atoms with E-state index in [2.05, 4.69) is 46.7 Å². The molecule has 0 aliphatic carbocycles. The summed E-state index contributed by atoms with van der Waals surface area (Å²) in [6.45, 7) is 2.91. The molecule has 0 radical (unpaired) electrons. The molecular formula is C20H20N10O. The van der Waals surface area contributed by atoms with Crippen LogP contribution in [0.5, 0.6) is 0 Å². The maximum Gasteiger partial charge on any atom is 0.251 e. The Morgan fingerprint density at radius 3 is 2.65 bits per heavy atom. The number of carbonyl (C=O) groups excluding carboxylic acids is 1. The molecule has 3 N–H and O–H groups in total. The van der Waals surface area contributed by atoms with Crippen LogP contribution in [-0.4, -0.2) is 54.4 Å². The SMILES string of the molecule is Cc1ccnc(Nc2ccc(NCCNC(=O)c3cccc(-n4cnnn4)c3)nn2)c1. The predicted molar refractivity (Wildman–Crippen MR) is 114 cm³/mol. The molecule has 0 saturated heterocycles. The van der Waals surface area contributed by atoms with Gasteiger partial charge in [0.2, 0.25) is 0 Å². The number of pyridine rings is 1. The van der Waals surface area contributed by atoms with Gasteiger partial charge in [0.05, 0.1) is 5.69 Å². The van der Waals surface area contributed by atoms with Gasteiger partial charge in [-0.25, -0.2) is 9.67 Å². The van der Waals surface area contributed by atoms with Crippen molar-refractivity contribution < 1.29 is 4.79 Å². The molecule has 11 nitrogen and oxygen atoms in total. The summed E-state index contributed by atoms with van der Waals surface area (Å²) in [5.74, 6) is 1.73. The molecule has 0 bridgehead atoms. The minimum Gasteiger partial charge on any atom is -0.367 e. The number of benzene rings is 1. The molecule has 0 unspecified atom stereocenters. The van der Waals surface area contributed by atoms with Gasteiger partial charge in [0.25, 0.3) is 5.91 Å². The first-order valence-corrected chi connectivity index (χ1v) is 9.56. The maximum atomic E-state index is 12.4. The van der Waals surface area contributed by atoms with Crippen LogP contribution in [0.15, 0.2) is 61.1 Å². The van der Waals surface area contributed by atoms with Crippen LogP contribution in [0.2, 0.25) is 0 Å². The fraction of sp³-hybridized carbons (Fsp3) is 0.150. The Morgan fingerprint density at radius 1 is 1.00 bits per heavy atom. The standard InChI is InChI=1S/C20H20N10O/c1-14-7-8-21-19(11-14)25-18-6-5-17(26-27-18)22-9-10-23-20(31)15-3-2-4-16(12-15)30-13-24-28-29-30/h2-8,11-13H,9-10H2,1H3,(H,22,26)(H,23,31)(H,21,25,27). The average molecular weight is 416 g/mol. The van der Waals surface area contributed by atoms with Crippen molar-refractivity contribution in [3.63, 3.8) is 0 Å². The molecule has 4 aromatic rings. The lowest BCUT2D eigenvalue weighted by Gasteiger charge is -2.09. The maximum absolute atomic E-state index is 12.4. The molecule has 156 valence electrons. The van der Waals surface area contributed by atoms with Gasteiger partial charge in [-0.3, -0.25) is 4.79 Å². The lowest BCUT2D eigenvalue weighted by molar-refractivity contribution is 0.0955. The van der Waals surface area contributed by atoms with Gasteiger partial charge >= 0.3 is 0 Å². The first-order valence-electron chi connectivity index (χ1n) is 9.56. The zero-order chi connectivity index (χ0) is 21.5. The van der Waals surface area contributed by atoms with Crippen LogP contribution in [-0.2, 0) is 0 Å². The number of hydrogen-bond acceptors (Lipinski definition) is 9. The first kappa shape index (κ1) is 19.9. The van der Waals surface area contributed by atoms with E-state index in [1.807, 2.05) is 37.3 Å². The summed E-state index contributed by atoms with van der Waals surface area (Å²) in [4.78, 5) is 16.6. The first-order chi connectivity index (χ1) is 15.2. The van der Waals surface area contributed by atoms with Gasteiger partial charge in [0.15, 0.2) is 5.82 Å². The molecule has 0 spiro atoms. The smallest absolute Gasteiger partial charge is 0.251 e. The average Bonchev–Trinajstić information content (AvgIpc) is 3.33. The number of tetrazole rings is 1. The van der Waals surface area contributed by atoms with Crippen molar-refractivity contribution in [1.29, 1.82) is 0 Å². The zero-order valence-corrected chi connectivity index (χ0v) is 16.7. The van der Waals surface area contributed by atoms with Crippen molar-refractivity contribution in [2.24, 2.45) is 0 Å². The molecular weight excluding hydrogens is 396 g/mol. The second kappa shape index (κ2) is 9.39. The Kier molecular flexibility index (Phi) is 6.02. The summed E-state index contributed by atoms with van der Waals surface area (Å²) in [6.07, 6.45) is 3.21. The van der Waals surface area contributed by atoms with Gasteiger partial charge in [-0.1, -0.05) is 6.07 Å². The Morgan fingerprint density at radius 2 is 1.87 bits per heavy atom. The predicted octanol–water partition coefficient (Wildman–Crippen LogP) is 1.74. The summed E-state index contributed by atoms with van der Waals surface area (Å²) in [5, 5.41) is 28.4. The third kappa shape index (κ3) is 5.35. The van der Waals surface area contributed by atoms with E-state index in [-0.39, 0.29) is 5.91 Å². The lowest BCUT2D eigenvalue weighted by Crippen LogP contribution is -2.29. The number of rotatable bonds is 8. The number of amides is 1. The van der Waals surface area contributed by atoms with Crippen LogP contribution in [0, 0.1) is 6.92 Å². The topological polar surface area (TPSA) is 135 Å². The molecule has 3 heterocycles. The summed E-state index contributed by atoms with van der Waals surface area (Å²) >= 11 is 0. The molecule has 31 heavy (non-hydrogen) atoms. The minimum absolute atomic E-state index is 0.187. The summed E-state index contributed by atoms with van der Waals surface area (Å²) in [6, 6.07) is 14.5. The minimum atomic E-state index is -0.187. The number of nitrogens with one attached hydrogen (secondary N) is 3. The van der Waals surface area contributed by atoms with E-state index in [1.165, 1.54) is 11.0 Å². The summed E-state index contributed by atoms with van der Waals surface area (Å²) < 4.78 is 1.49. The van der Waals surface area contributed by atoms with Crippen molar-refractivity contribution >= 4 is 23.4 Å².